The first-order valence-electron chi connectivity index (χ1n) is 7.09. The summed E-state index contributed by atoms with van der Waals surface area (Å²) in [5.74, 6) is -0.987. The molecule has 0 spiro atoms. The monoisotopic (exact) mass is 329 g/mol. The SMILES string of the molecule is COC[C@H]1CN(S(=O)(=O)c2ccc(C)cc2)C[C@](C)(OC)O1. The van der Waals surface area contributed by atoms with E-state index in [1.54, 1.807) is 38.3 Å². The van der Waals surface area contributed by atoms with E-state index in [4.69, 9.17) is 14.2 Å². The molecule has 0 saturated carbocycles. The van der Waals surface area contributed by atoms with Crippen molar-refractivity contribution in [3.8, 4) is 0 Å². The van der Waals surface area contributed by atoms with Crippen molar-refractivity contribution in [1.29, 1.82) is 0 Å². The van der Waals surface area contributed by atoms with Gasteiger partial charge in [-0.05, 0) is 26.0 Å². The minimum atomic E-state index is -3.59. The maximum absolute atomic E-state index is 12.8. The number of aryl methyl sites for hydroxylation is 1. The van der Waals surface area contributed by atoms with Crippen molar-refractivity contribution in [2.75, 3.05) is 33.9 Å². The summed E-state index contributed by atoms with van der Waals surface area (Å²) < 4.78 is 43.3. The standard InChI is InChI=1S/C15H23NO5S/c1-12-5-7-14(8-6-12)22(17,18)16-9-13(10-19-3)21-15(2,11-16)20-4/h5-8,13H,9-11H2,1-4H3/t13-,15-/m1/s1. The van der Waals surface area contributed by atoms with Crippen LogP contribution in [0.25, 0.3) is 0 Å². The molecule has 0 radical (unpaired) electrons. The highest BCUT2D eigenvalue weighted by Gasteiger charge is 2.42. The molecule has 1 aromatic carbocycles. The fraction of sp³-hybridized carbons (Fsp3) is 0.600. The number of methoxy groups -OCH3 is 2. The minimum Gasteiger partial charge on any atom is -0.382 e. The Morgan fingerprint density at radius 2 is 1.95 bits per heavy atom. The predicted octanol–water partition coefficient (Wildman–Crippen LogP) is 1.39. The lowest BCUT2D eigenvalue weighted by molar-refractivity contribution is -0.266. The number of nitrogens with zero attached hydrogens (tertiary/aromatic N) is 1. The lowest BCUT2D eigenvalue weighted by Crippen LogP contribution is -2.57. The molecule has 2 rings (SSSR count). The predicted molar refractivity (Wildman–Crippen MR) is 82.1 cm³/mol. The highest BCUT2D eigenvalue weighted by molar-refractivity contribution is 7.89. The van der Waals surface area contributed by atoms with Crippen molar-refractivity contribution in [3.63, 3.8) is 0 Å². The maximum Gasteiger partial charge on any atom is 0.243 e. The van der Waals surface area contributed by atoms with E-state index < -0.39 is 15.8 Å². The number of sulfonamides is 1. The molecule has 0 N–H and O–H groups in total. The number of benzene rings is 1. The average Bonchev–Trinajstić information content (AvgIpc) is 2.47. The van der Waals surface area contributed by atoms with E-state index in [0.29, 0.717) is 6.61 Å². The van der Waals surface area contributed by atoms with Gasteiger partial charge >= 0.3 is 0 Å². The fourth-order valence-electron chi connectivity index (χ4n) is 2.47. The Balaban J connectivity index is 2.30. The molecule has 0 aromatic heterocycles. The Kier molecular flexibility index (Phi) is 5.24. The summed E-state index contributed by atoms with van der Waals surface area (Å²) >= 11 is 0. The third kappa shape index (κ3) is 3.67. The van der Waals surface area contributed by atoms with E-state index in [-0.39, 0.29) is 24.1 Å². The molecule has 1 aliphatic rings. The summed E-state index contributed by atoms with van der Waals surface area (Å²) in [5.41, 5.74) is 1.01. The lowest BCUT2D eigenvalue weighted by atomic mass is 10.2. The van der Waals surface area contributed by atoms with Gasteiger partial charge in [0, 0.05) is 20.8 Å². The van der Waals surface area contributed by atoms with Gasteiger partial charge in [-0.15, -0.1) is 0 Å². The molecular formula is C15H23NO5S. The van der Waals surface area contributed by atoms with E-state index in [1.165, 1.54) is 11.4 Å². The van der Waals surface area contributed by atoms with Gasteiger partial charge in [-0.3, -0.25) is 0 Å². The van der Waals surface area contributed by atoms with Crippen molar-refractivity contribution >= 4 is 10.0 Å². The summed E-state index contributed by atoms with van der Waals surface area (Å²) in [7, 11) is -0.531. The zero-order valence-corrected chi connectivity index (χ0v) is 14.2. The van der Waals surface area contributed by atoms with Crippen LogP contribution in [-0.4, -0.2) is 58.5 Å². The van der Waals surface area contributed by atoms with Gasteiger partial charge in [0.05, 0.1) is 24.2 Å². The first-order valence-corrected chi connectivity index (χ1v) is 8.53. The van der Waals surface area contributed by atoms with Gasteiger partial charge in [0.25, 0.3) is 0 Å². The average molecular weight is 329 g/mol. The number of ether oxygens (including phenoxy) is 3. The molecule has 0 unspecified atom stereocenters. The normalized spacial score (nSPS) is 27.0. The fourth-order valence-corrected chi connectivity index (χ4v) is 4.01. The first-order chi connectivity index (χ1) is 10.3. The van der Waals surface area contributed by atoms with E-state index in [2.05, 4.69) is 0 Å². The molecule has 6 nitrogen and oxygen atoms in total. The smallest absolute Gasteiger partial charge is 0.243 e. The molecule has 0 aliphatic carbocycles. The summed E-state index contributed by atoms with van der Waals surface area (Å²) in [6.07, 6.45) is -0.371. The molecule has 1 heterocycles. The molecule has 0 amide bonds. The van der Waals surface area contributed by atoms with Crippen LogP contribution < -0.4 is 0 Å². The second-order valence-electron chi connectivity index (χ2n) is 5.64. The first kappa shape index (κ1) is 17.4. The van der Waals surface area contributed by atoms with Gasteiger partial charge in [0.2, 0.25) is 10.0 Å². The second kappa shape index (κ2) is 6.64. The summed E-state index contributed by atoms with van der Waals surface area (Å²) in [6, 6.07) is 6.82. The molecule has 1 saturated heterocycles. The highest BCUT2D eigenvalue weighted by atomic mass is 32.2. The Bertz CT molecular complexity index is 601. The van der Waals surface area contributed by atoms with Crippen molar-refractivity contribution in [2.24, 2.45) is 0 Å². The number of hydrogen-bond acceptors (Lipinski definition) is 5. The Hall–Kier alpha value is -0.990. The van der Waals surface area contributed by atoms with Crippen LogP contribution in [0.5, 0.6) is 0 Å². The molecule has 1 fully saturated rings. The molecular weight excluding hydrogens is 306 g/mol. The van der Waals surface area contributed by atoms with Crippen LogP contribution in [0.1, 0.15) is 12.5 Å². The number of morpholine rings is 1. The van der Waals surface area contributed by atoms with E-state index in [9.17, 15) is 8.42 Å². The number of hydrogen-bond donors (Lipinski definition) is 0. The maximum atomic E-state index is 12.8. The third-order valence-electron chi connectivity index (χ3n) is 3.73. The molecule has 0 bridgehead atoms. The van der Waals surface area contributed by atoms with Gasteiger partial charge in [-0.25, -0.2) is 8.42 Å². The van der Waals surface area contributed by atoms with Crippen LogP contribution in [-0.2, 0) is 24.2 Å². The topological polar surface area (TPSA) is 65.1 Å². The van der Waals surface area contributed by atoms with Crippen LogP contribution >= 0.6 is 0 Å². The van der Waals surface area contributed by atoms with Crippen molar-refractivity contribution in [3.05, 3.63) is 29.8 Å². The Morgan fingerprint density at radius 3 is 2.50 bits per heavy atom. The van der Waals surface area contributed by atoms with Gasteiger partial charge in [-0.1, -0.05) is 17.7 Å². The zero-order chi connectivity index (χ0) is 16.4. The summed E-state index contributed by atoms with van der Waals surface area (Å²) in [5, 5.41) is 0. The van der Waals surface area contributed by atoms with Gasteiger partial charge in [0.1, 0.15) is 0 Å². The van der Waals surface area contributed by atoms with Gasteiger partial charge in [0.15, 0.2) is 5.79 Å². The summed E-state index contributed by atoms with van der Waals surface area (Å²) in [6.45, 7) is 4.33. The van der Waals surface area contributed by atoms with Crippen molar-refractivity contribution in [2.45, 2.75) is 30.6 Å². The van der Waals surface area contributed by atoms with Gasteiger partial charge in [-0.2, -0.15) is 4.31 Å². The van der Waals surface area contributed by atoms with Crippen LogP contribution in [0.15, 0.2) is 29.2 Å². The molecule has 1 aromatic rings. The second-order valence-corrected chi connectivity index (χ2v) is 7.58. The Labute approximate surface area is 132 Å². The Morgan fingerprint density at radius 1 is 1.32 bits per heavy atom. The van der Waals surface area contributed by atoms with Crippen LogP contribution in [0.3, 0.4) is 0 Å². The zero-order valence-electron chi connectivity index (χ0n) is 13.4. The van der Waals surface area contributed by atoms with E-state index >= 15 is 0 Å². The molecule has 1 aliphatic heterocycles. The third-order valence-corrected chi connectivity index (χ3v) is 5.56. The molecule has 124 valence electrons. The van der Waals surface area contributed by atoms with Crippen molar-refractivity contribution in [1.82, 2.24) is 4.31 Å². The number of rotatable bonds is 5. The molecule has 22 heavy (non-hydrogen) atoms. The van der Waals surface area contributed by atoms with Crippen LogP contribution in [0.4, 0.5) is 0 Å². The van der Waals surface area contributed by atoms with E-state index in [1.807, 2.05) is 6.92 Å². The molecule has 7 heteroatoms. The molecule has 2 atom stereocenters. The largest absolute Gasteiger partial charge is 0.382 e. The quantitative estimate of drug-likeness (QED) is 0.817. The van der Waals surface area contributed by atoms with Crippen LogP contribution in [0.2, 0.25) is 0 Å². The van der Waals surface area contributed by atoms with Crippen LogP contribution in [0, 0.1) is 6.92 Å². The minimum absolute atomic E-state index is 0.139. The van der Waals surface area contributed by atoms with Gasteiger partial charge < -0.3 is 14.2 Å². The van der Waals surface area contributed by atoms with E-state index in [0.717, 1.165) is 5.56 Å². The summed E-state index contributed by atoms with van der Waals surface area (Å²) in [4.78, 5) is 0.273. The van der Waals surface area contributed by atoms with Crippen molar-refractivity contribution < 1.29 is 22.6 Å². The lowest BCUT2D eigenvalue weighted by Gasteiger charge is -2.42. The highest BCUT2D eigenvalue weighted by Crippen LogP contribution is 2.27.